The van der Waals surface area contributed by atoms with Crippen molar-refractivity contribution in [2.24, 2.45) is 5.84 Å². The van der Waals surface area contributed by atoms with Gasteiger partial charge >= 0.3 is 0 Å². The molecule has 0 saturated heterocycles. The second kappa shape index (κ2) is 6.42. The van der Waals surface area contributed by atoms with E-state index in [1.807, 2.05) is 23.9 Å². The maximum absolute atomic E-state index is 5.43. The molecule has 0 aliphatic carbocycles. The van der Waals surface area contributed by atoms with Crippen LogP contribution in [0.15, 0.2) is 42.6 Å². The van der Waals surface area contributed by atoms with E-state index in [1.54, 1.807) is 6.20 Å². The van der Waals surface area contributed by atoms with Crippen molar-refractivity contribution in [2.75, 3.05) is 5.43 Å². The van der Waals surface area contributed by atoms with Gasteiger partial charge in [0.2, 0.25) is 0 Å². The molecule has 0 atom stereocenters. The van der Waals surface area contributed by atoms with Gasteiger partial charge in [0.1, 0.15) is 5.82 Å². The molecule has 3 nitrogen and oxygen atoms in total. The van der Waals surface area contributed by atoms with Gasteiger partial charge < -0.3 is 5.43 Å². The Morgan fingerprint density at radius 2 is 2.11 bits per heavy atom. The summed E-state index contributed by atoms with van der Waals surface area (Å²) in [6.07, 6.45) is 1.74. The zero-order valence-corrected chi connectivity index (χ0v) is 11.2. The van der Waals surface area contributed by atoms with Crippen molar-refractivity contribution in [3.05, 3.63) is 59.3 Å². The number of hydrogen-bond acceptors (Lipinski definition) is 4. The largest absolute Gasteiger partial charge is 0.308 e. The molecule has 94 valence electrons. The van der Waals surface area contributed by atoms with Crippen LogP contribution in [0, 0.1) is 6.92 Å². The molecule has 1 aromatic carbocycles. The molecule has 0 fully saturated rings. The van der Waals surface area contributed by atoms with Crippen LogP contribution in [0.1, 0.15) is 16.7 Å². The number of benzene rings is 1. The zero-order valence-electron chi connectivity index (χ0n) is 10.4. The zero-order chi connectivity index (χ0) is 12.8. The molecule has 2 aromatic rings. The van der Waals surface area contributed by atoms with Crippen LogP contribution < -0.4 is 11.3 Å². The summed E-state index contributed by atoms with van der Waals surface area (Å²) in [5, 5.41) is 0. The second-order valence-corrected chi connectivity index (χ2v) is 5.12. The Kier molecular flexibility index (Phi) is 4.61. The van der Waals surface area contributed by atoms with Crippen molar-refractivity contribution in [1.29, 1.82) is 0 Å². The molecular formula is C14H17N3S. The molecule has 0 unspecified atom stereocenters. The molecule has 0 radical (unpaired) electrons. The van der Waals surface area contributed by atoms with Gasteiger partial charge in [-0.25, -0.2) is 10.8 Å². The third-order valence-electron chi connectivity index (χ3n) is 2.64. The average molecular weight is 259 g/mol. The van der Waals surface area contributed by atoms with E-state index in [0.29, 0.717) is 0 Å². The molecule has 18 heavy (non-hydrogen) atoms. The summed E-state index contributed by atoms with van der Waals surface area (Å²) >= 11 is 1.86. The van der Waals surface area contributed by atoms with Gasteiger partial charge in [-0.05, 0) is 18.6 Å². The molecule has 4 heteroatoms. The molecule has 0 bridgehead atoms. The lowest BCUT2D eigenvalue weighted by atomic mass is 10.2. The summed E-state index contributed by atoms with van der Waals surface area (Å²) < 4.78 is 0. The lowest BCUT2D eigenvalue weighted by molar-refractivity contribution is 1.18. The minimum atomic E-state index is 0.759. The minimum absolute atomic E-state index is 0.759. The van der Waals surface area contributed by atoms with Crippen LogP contribution in [0.4, 0.5) is 5.82 Å². The fourth-order valence-electron chi connectivity index (χ4n) is 1.77. The van der Waals surface area contributed by atoms with Gasteiger partial charge in [0.15, 0.2) is 0 Å². The number of anilines is 1. The smallest absolute Gasteiger partial charge is 0.143 e. The predicted octanol–water partition coefficient (Wildman–Crippen LogP) is 3.11. The van der Waals surface area contributed by atoms with Crippen LogP contribution in [0.5, 0.6) is 0 Å². The van der Waals surface area contributed by atoms with Gasteiger partial charge in [-0.2, -0.15) is 11.8 Å². The van der Waals surface area contributed by atoms with E-state index in [4.69, 9.17) is 5.84 Å². The normalized spacial score (nSPS) is 10.3. The molecule has 3 N–H and O–H groups in total. The molecular weight excluding hydrogens is 242 g/mol. The maximum atomic E-state index is 5.43. The number of rotatable bonds is 5. The molecule has 0 saturated carbocycles. The van der Waals surface area contributed by atoms with Crippen LogP contribution >= 0.6 is 11.8 Å². The first-order chi connectivity index (χ1) is 8.79. The van der Waals surface area contributed by atoms with Gasteiger partial charge in [-0.15, -0.1) is 0 Å². The topological polar surface area (TPSA) is 50.9 Å². The fourth-order valence-corrected chi connectivity index (χ4v) is 2.74. The lowest BCUT2D eigenvalue weighted by Gasteiger charge is -2.07. The van der Waals surface area contributed by atoms with E-state index < -0.39 is 0 Å². The van der Waals surface area contributed by atoms with Crippen molar-refractivity contribution < 1.29 is 0 Å². The number of nitrogens with zero attached hydrogens (tertiary/aromatic N) is 1. The number of thioether (sulfide) groups is 1. The van der Waals surface area contributed by atoms with E-state index in [2.05, 4.69) is 41.6 Å². The highest BCUT2D eigenvalue weighted by Crippen LogP contribution is 2.21. The molecule has 2 rings (SSSR count). The third kappa shape index (κ3) is 3.48. The number of nitrogens with two attached hydrogens (primary N) is 1. The summed E-state index contributed by atoms with van der Waals surface area (Å²) in [7, 11) is 0. The standard InChI is InChI=1S/C14H17N3S/c1-11-4-2-5-12(8-11)9-18-10-13-6-3-7-16-14(13)17-15/h2-8H,9-10,15H2,1H3,(H,16,17). The summed E-state index contributed by atoms with van der Waals surface area (Å²) in [4.78, 5) is 4.19. The number of aromatic nitrogens is 1. The number of nitrogen functional groups attached to an aromatic ring is 1. The molecule has 1 aromatic heterocycles. The van der Waals surface area contributed by atoms with E-state index in [1.165, 1.54) is 11.1 Å². The van der Waals surface area contributed by atoms with Crippen molar-refractivity contribution in [2.45, 2.75) is 18.4 Å². The van der Waals surface area contributed by atoms with Crippen LogP contribution in [-0.2, 0) is 11.5 Å². The highest BCUT2D eigenvalue weighted by Gasteiger charge is 2.02. The van der Waals surface area contributed by atoms with Crippen molar-refractivity contribution in [3.63, 3.8) is 0 Å². The van der Waals surface area contributed by atoms with Crippen molar-refractivity contribution in [1.82, 2.24) is 4.98 Å². The monoisotopic (exact) mass is 259 g/mol. The van der Waals surface area contributed by atoms with Gasteiger partial charge in [0.25, 0.3) is 0 Å². The highest BCUT2D eigenvalue weighted by atomic mass is 32.2. The summed E-state index contributed by atoms with van der Waals surface area (Å²) in [5.41, 5.74) is 6.42. The van der Waals surface area contributed by atoms with Gasteiger partial charge in [0, 0.05) is 23.3 Å². The predicted molar refractivity (Wildman–Crippen MR) is 78.2 cm³/mol. The first kappa shape index (κ1) is 12.9. The molecule has 0 aliphatic heterocycles. The van der Waals surface area contributed by atoms with Crippen LogP contribution in [-0.4, -0.2) is 4.98 Å². The van der Waals surface area contributed by atoms with E-state index in [0.717, 1.165) is 22.9 Å². The molecule has 0 amide bonds. The van der Waals surface area contributed by atoms with Gasteiger partial charge in [-0.1, -0.05) is 35.9 Å². The Balaban J connectivity index is 1.92. The minimum Gasteiger partial charge on any atom is -0.308 e. The highest BCUT2D eigenvalue weighted by molar-refractivity contribution is 7.97. The second-order valence-electron chi connectivity index (χ2n) is 4.14. The van der Waals surface area contributed by atoms with Gasteiger partial charge in [0.05, 0.1) is 0 Å². The Hall–Kier alpha value is -1.52. The summed E-state index contributed by atoms with van der Waals surface area (Å²) in [6, 6.07) is 12.6. The quantitative estimate of drug-likeness (QED) is 0.640. The Bertz CT molecular complexity index is 514. The van der Waals surface area contributed by atoms with E-state index in [-0.39, 0.29) is 0 Å². The third-order valence-corrected chi connectivity index (χ3v) is 3.69. The van der Waals surface area contributed by atoms with Gasteiger partial charge in [-0.3, -0.25) is 0 Å². The SMILES string of the molecule is Cc1cccc(CSCc2cccnc2NN)c1. The first-order valence-electron chi connectivity index (χ1n) is 5.83. The molecule has 0 spiro atoms. The average Bonchev–Trinajstić information content (AvgIpc) is 2.39. The Labute approximate surface area is 112 Å². The number of hydrazine groups is 1. The molecule has 0 aliphatic rings. The number of pyridine rings is 1. The van der Waals surface area contributed by atoms with Crippen LogP contribution in [0.3, 0.4) is 0 Å². The number of aryl methyl sites for hydroxylation is 1. The molecule has 1 heterocycles. The Morgan fingerprint density at radius 3 is 2.89 bits per heavy atom. The van der Waals surface area contributed by atoms with Crippen LogP contribution in [0.2, 0.25) is 0 Å². The lowest BCUT2D eigenvalue weighted by Crippen LogP contribution is -2.10. The first-order valence-corrected chi connectivity index (χ1v) is 6.99. The van der Waals surface area contributed by atoms with E-state index in [9.17, 15) is 0 Å². The summed E-state index contributed by atoms with van der Waals surface area (Å²) in [6.45, 7) is 2.12. The number of hydrogen-bond donors (Lipinski definition) is 2. The van der Waals surface area contributed by atoms with Crippen molar-refractivity contribution in [3.8, 4) is 0 Å². The van der Waals surface area contributed by atoms with Crippen molar-refractivity contribution >= 4 is 17.6 Å². The summed E-state index contributed by atoms with van der Waals surface area (Å²) in [5.74, 6) is 8.09. The maximum Gasteiger partial charge on any atom is 0.143 e. The number of nitrogens with one attached hydrogen (secondary N) is 1. The van der Waals surface area contributed by atoms with Crippen LogP contribution in [0.25, 0.3) is 0 Å². The Morgan fingerprint density at radius 1 is 1.22 bits per heavy atom. The van der Waals surface area contributed by atoms with E-state index >= 15 is 0 Å². The fraction of sp³-hybridized carbons (Fsp3) is 0.214.